The second-order valence-corrected chi connectivity index (χ2v) is 4.07. The second kappa shape index (κ2) is 3.73. The maximum absolute atomic E-state index is 9.57. The Hall–Kier alpha value is -0.120. The second-order valence-electron chi connectivity index (χ2n) is 4.07. The predicted molar refractivity (Wildman–Crippen MR) is 45.5 cm³/mol. The van der Waals surface area contributed by atoms with Crippen molar-refractivity contribution in [3.8, 4) is 0 Å². The van der Waals surface area contributed by atoms with Crippen LogP contribution in [0, 0.1) is 17.8 Å². The van der Waals surface area contributed by atoms with Crippen molar-refractivity contribution in [1.29, 1.82) is 0 Å². The first-order chi connectivity index (χ1) is 5.57. The van der Waals surface area contributed by atoms with E-state index in [9.17, 15) is 10.2 Å². The highest BCUT2D eigenvalue weighted by Crippen LogP contribution is 2.35. The zero-order valence-corrected chi connectivity index (χ0v) is 7.64. The van der Waals surface area contributed by atoms with E-state index in [1.165, 1.54) is 0 Å². The number of aliphatic hydroxyl groups is 3. The van der Waals surface area contributed by atoms with E-state index in [0.717, 1.165) is 6.42 Å². The van der Waals surface area contributed by atoms with E-state index in [4.69, 9.17) is 5.11 Å². The monoisotopic (exact) mass is 174 g/mol. The SMILES string of the molecule is CC(C)[C@@H]1C[C@@H](CO)[C@@H](O)C1O. The van der Waals surface area contributed by atoms with E-state index in [1.807, 2.05) is 13.8 Å². The minimum absolute atomic E-state index is 0.0263. The molecule has 0 aromatic heterocycles. The lowest BCUT2D eigenvalue weighted by molar-refractivity contribution is -0.0120. The molecule has 12 heavy (non-hydrogen) atoms. The number of hydrogen-bond donors (Lipinski definition) is 3. The van der Waals surface area contributed by atoms with Gasteiger partial charge in [-0.2, -0.15) is 0 Å². The molecule has 3 heteroatoms. The minimum Gasteiger partial charge on any atom is -0.396 e. The van der Waals surface area contributed by atoms with Gasteiger partial charge in [0, 0.05) is 12.5 Å². The molecule has 0 aromatic carbocycles. The summed E-state index contributed by atoms with van der Waals surface area (Å²) in [5, 5.41) is 27.9. The van der Waals surface area contributed by atoms with E-state index in [0.29, 0.717) is 5.92 Å². The fraction of sp³-hybridized carbons (Fsp3) is 1.00. The first-order valence-corrected chi connectivity index (χ1v) is 4.55. The van der Waals surface area contributed by atoms with E-state index >= 15 is 0 Å². The Bertz CT molecular complexity index is 147. The molecule has 0 aromatic rings. The Balaban J connectivity index is 2.60. The molecule has 1 aliphatic carbocycles. The van der Waals surface area contributed by atoms with Gasteiger partial charge in [-0.1, -0.05) is 13.8 Å². The van der Waals surface area contributed by atoms with E-state index < -0.39 is 12.2 Å². The van der Waals surface area contributed by atoms with Crippen molar-refractivity contribution >= 4 is 0 Å². The summed E-state index contributed by atoms with van der Waals surface area (Å²) >= 11 is 0. The van der Waals surface area contributed by atoms with Gasteiger partial charge in [0.2, 0.25) is 0 Å². The molecule has 1 aliphatic rings. The summed E-state index contributed by atoms with van der Waals surface area (Å²) in [7, 11) is 0. The summed E-state index contributed by atoms with van der Waals surface area (Å²) in [4.78, 5) is 0. The Morgan fingerprint density at radius 2 is 1.83 bits per heavy atom. The van der Waals surface area contributed by atoms with Crippen molar-refractivity contribution < 1.29 is 15.3 Å². The van der Waals surface area contributed by atoms with Crippen LogP contribution in [0.25, 0.3) is 0 Å². The van der Waals surface area contributed by atoms with Crippen LogP contribution in [0.1, 0.15) is 20.3 Å². The van der Waals surface area contributed by atoms with Gasteiger partial charge < -0.3 is 15.3 Å². The zero-order valence-electron chi connectivity index (χ0n) is 7.64. The molecule has 4 atom stereocenters. The number of rotatable bonds is 2. The Kier molecular flexibility index (Phi) is 3.09. The quantitative estimate of drug-likeness (QED) is 0.552. The summed E-state index contributed by atoms with van der Waals surface area (Å²) < 4.78 is 0. The lowest BCUT2D eigenvalue weighted by Crippen LogP contribution is -2.30. The fourth-order valence-electron chi connectivity index (χ4n) is 2.01. The molecular weight excluding hydrogens is 156 g/mol. The van der Waals surface area contributed by atoms with E-state index in [-0.39, 0.29) is 18.4 Å². The van der Waals surface area contributed by atoms with Gasteiger partial charge in [-0.25, -0.2) is 0 Å². The Labute approximate surface area is 73.0 Å². The molecule has 0 amide bonds. The van der Waals surface area contributed by atoms with Gasteiger partial charge in [0.1, 0.15) is 0 Å². The molecule has 1 rings (SSSR count). The summed E-state index contributed by atoms with van der Waals surface area (Å²) in [6.45, 7) is 4.03. The average Bonchev–Trinajstić information content (AvgIpc) is 2.30. The molecule has 0 saturated heterocycles. The van der Waals surface area contributed by atoms with Crippen molar-refractivity contribution in [1.82, 2.24) is 0 Å². The molecule has 0 bridgehead atoms. The first-order valence-electron chi connectivity index (χ1n) is 4.55. The maximum atomic E-state index is 9.57. The van der Waals surface area contributed by atoms with Crippen LogP contribution in [-0.2, 0) is 0 Å². The van der Waals surface area contributed by atoms with Crippen LogP contribution in [0.3, 0.4) is 0 Å². The molecule has 72 valence electrons. The third kappa shape index (κ3) is 1.63. The van der Waals surface area contributed by atoms with Crippen LogP contribution < -0.4 is 0 Å². The van der Waals surface area contributed by atoms with Crippen LogP contribution in [0.2, 0.25) is 0 Å². The lowest BCUT2D eigenvalue weighted by Gasteiger charge is -2.19. The molecule has 3 nitrogen and oxygen atoms in total. The summed E-state index contributed by atoms with van der Waals surface area (Å²) in [5.74, 6) is 0.371. The Morgan fingerprint density at radius 3 is 2.08 bits per heavy atom. The summed E-state index contributed by atoms with van der Waals surface area (Å²) in [6, 6.07) is 0. The molecule has 3 N–H and O–H groups in total. The average molecular weight is 174 g/mol. The van der Waals surface area contributed by atoms with Crippen LogP contribution in [0.5, 0.6) is 0 Å². The molecule has 0 aliphatic heterocycles. The van der Waals surface area contributed by atoms with Crippen molar-refractivity contribution in [3.63, 3.8) is 0 Å². The van der Waals surface area contributed by atoms with E-state index in [2.05, 4.69) is 0 Å². The molecular formula is C9H18O3. The molecule has 0 spiro atoms. The van der Waals surface area contributed by atoms with E-state index in [1.54, 1.807) is 0 Å². The van der Waals surface area contributed by atoms with Gasteiger partial charge >= 0.3 is 0 Å². The van der Waals surface area contributed by atoms with Gasteiger partial charge in [-0.3, -0.25) is 0 Å². The largest absolute Gasteiger partial charge is 0.396 e. The number of hydrogen-bond acceptors (Lipinski definition) is 3. The maximum Gasteiger partial charge on any atom is 0.0852 e. The molecule has 1 fully saturated rings. The minimum atomic E-state index is -0.734. The van der Waals surface area contributed by atoms with Gasteiger partial charge in [0.05, 0.1) is 12.2 Å². The van der Waals surface area contributed by atoms with Gasteiger partial charge in [0.25, 0.3) is 0 Å². The Morgan fingerprint density at radius 1 is 1.25 bits per heavy atom. The van der Waals surface area contributed by atoms with Crippen LogP contribution in [0.15, 0.2) is 0 Å². The number of aliphatic hydroxyl groups excluding tert-OH is 3. The fourth-order valence-corrected chi connectivity index (χ4v) is 2.01. The normalized spacial score (nSPS) is 42.5. The van der Waals surface area contributed by atoms with Crippen molar-refractivity contribution in [2.45, 2.75) is 32.5 Å². The molecule has 1 unspecified atom stereocenters. The summed E-state index contributed by atoms with van der Waals surface area (Å²) in [6.07, 6.45) is -0.652. The third-order valence-corrected chi connectivity index (χ3v) is 2.94. The highest BCUT2D eigenvalue weighted by Gasteiger charge is 2.41. The van der Waals surface area contributed by atoms with Gasteiger partial charge in [-0.15, -0.1) is 0 Å². The van der Waals surface area contributed by atoms with Gasteiger partial charge in [0.15, 0.2) is 0 Å². The smallest absolute Gasteiger partial charge is 0.0852 e. The third-order valence-electron chi connectivity index (χ3n) is 2.94. The van der Waals surface area contributed by atoms with Crippen LogP contribution >= 0.6 is 0 Å². The highest BCUT2D eigenvalue weighted by molar-refractivity contribution is 4.91. The standard InChI is InChI=1S/C9H18O3/c1-5(2)7-3-6(4-10)8(11)9(7)12/h5-12H,3-4H2,1-2H3/t6-,7-,8+,9?/m0/s1. The highest BCUT2D eigenvalue weighted by atomic mass is 16.3. The van der Waals surface area contributed by atoms with Crippen molar-refractivity contribution in [2.24, 2.45) is 17.8 Å². The first kappa shape index (κ1) is 9.96. The van der Waals surface area contributed by atoms with Crippen molar-refractivity contribution in [2.75, 3.05) is 6.61 Å². The van der Waals surface area contributed by atoms with Gasteiger partial charge in [-0.05, 0) is 18.3 Å². The van der Waals surface area contributed by atoms with Crippen LogP contribution in [-0.4, -0.2) is 34.1 Å². The topological polar surface area (TPSA) is 60.7 Å². The molecule has 0 heterocycles. The van der Waals surface area contributed by atoms with Crippen LogP contribution in [0.4, 0.5) is 0 Å². The van der Waals surface area contributed by atoms with Crippen molar-refractivity contribution in [3.05, 3.63) is 0 Å². The lowest BCUT2D eigenvalue weighted by atomic mass is 9.92. The predicted octanol–water partition coefficient (Wildman–Crippen LogP) is -0.00740. The molecule has 0 radical (unpaired) electrons. The molecule has 1 saturated carbocycles. The summed E-state index contributed by atoms with van der Waals surface area (Å²) in [5.41, 5.74) is 0. The zero-order chi connectivity index (χ0) is 9.30.